The van der Waals surface area contributed by atoms with E-state index in [1.165, 1.54) is 11.9 Å². The first-order valence-electron chi connectivity index (χ1n) is 6.04. The number of amides is 1. The molecule has 1 amide bonds. The monoisotopic (exact) mass is 244 g/mol. The van der Waals surface area contributed by atoms with Gasteiger partial charge in [0.15, 0.2) is 0 Å². The average molecular weight is 244 g/mol. The zero-order valence-corrected chi connectivity index (χ0v) is 11.1. The van der Waals surface area contributed by atoms with Crippen molar-refractivity contribution in [2.24, 2.45) is 17.6 Å². The topological polar surface area (TPSA) is 83.6 Å². The number of carboxylic acid groups (broad SMARTS) is 1. The Morgan fingerprint density at radius 2 is 1.88 bits per heavy atom. The molecule has 0 radical (unpaired) electrons. The van der Waals surface area contributed by atoms with Crippen molar-refractivity contribution in [3.63, 3.8) is 0 Å². The fourth-order valence-electron chi connectivity index (χ4n) is 1.92. The van der Waals surface area contributed by atoms with E-state index in [1.54, 1.807) is 6.92 Å². The number of carbonyl (C=O) groups is 2. The van der Waals surface area contributed by atoms with E-state index in [4.69, 9.17) is 10.8 Å². The van der Waals surface area contributed by atoms with Crippen LogP contribution in [0.2, 0.25) is 0 Å². The van der Waals surface area contributed by atoms with E-state index in [1.807, 2.05) is 13.8 Å². The normalized spacial score (nSPS) is 14.5. The van der Waals surface area contributed by atoms with E-state index in [-0.39, 0.29) is 18.4 Å². The predicted molar refractivity (Wildman–Crippen MR) is 66.5 cm³/mol. The number of carboxylic acids is 1. The van der Waals surface area contributed by atoms with Crippen LogP contribution >= 0.6 is 0 Å². The van der Waals surface area contributed by atoms with Gasteiger partial charge in [0.1, 0.15) is 6.04 Å². The van der Waals surface area contributed by atoms with Crippen LogP contribution in [0.5, 0.6) is 0 Å². The van der Waals surface area contributed by atoms with Crippen molar-refractivity contribution >= 4 is 11.9 Å². The van der Waals surface area contributed by atoms with E-state index >= 15 is 0 Å². The van der Waals surface area contributed by atoms with Crippen molar-refractivity contribution in [3.8, 4) is 0 Å². The third-order valence-corrected chi connectivity index (χ3v) is 2.88. The number of aliphatic carboxylic acids is 1. The van der Waals surface area contributed by atoms with E-state index < -0.39 is 12.0 Å². The van der Waals surface area contributed by atoms with Gasteiger partial charge in [-0.25, -0.2) is 4.79 Å². The molecule has 0 aliphatic heterocycles. The number of carbonyl (C=O) groups excluding carboxylic acids is 1. The molecule has 100 valence electrons. The fraction of sp³-hybridized carbons (Fsp3) is 0.833. The van der Waals surface area contributed by atoms with Crippen molar-refractivity contribution in [1.29, 1.82) is 0 Å². The van der Waals surface area contributed by atoms with Gasteiger partial charge in [0, 0.05) is 13.6 Å². The minimum atomic E-state index is -0.969. The van der Waals surface area contributed by atoms with E-state index in [0.29, 0.717) is 18.8 Å². The van der Waals surface area contributed by atoms with Gasteiger partial charge in [-0.05, 0) is 18.8 Å². The Hall–Kier alpha value is -1.10. The molecule has 0 aromatic carbocycles. The molecule has 3 N–H and O–H groups in total. The third-order valence-electron chi connectivity index (χ3n) is 2.88. The van der Waals surface area contributed by atoms with Crippen LogP contribution in [0.25, 0.3) is 0 Å². The van der Waals surface area contributed by atoms with Gasteiger partial charge in [-0.2, -0.15) is 0 Å². The highest BCUT2D eigenvalue weighted by Gasteiger charge is 2.29. The Morgan fingerprint density at radius 3 is 2.18 bits per heavy atom. The second-order valence-electron chi connectivity index (χ2n) is 4.77. The lowest BCUT2D eigenvalue weighted by molar-refractivity contribution is -0.150. The first-order chi connectivity index (χ1) is 7.84. The van der Waals surface area contributed by atoms with Crippen LogP contribution in [0.4, 0.5) is 0 Å². The molecule has 0 rings (SSSR count). The summed E-state index contributed by atoms with van der Waals surface area (Å²) >= 11 is 0. The van der Waals surface area contributed by atoms with E-state index in [0.717, 1.165) is 0 Å². The maximum Gasteiger partial charge on any atom is 0.326 e. The Morgan fingerprint density at radius 1 is 1.35 bits per heavy atom. The van der Waals surface area contributed by atoms with Gasteiger partial charge in [-0.3, -0.25) is 4.79 Å². The Bertz CT molecular complexity index is 266. The first kappa shape index (κ1) is 15.9. The Labute approximate surface area is 103 Å². The molecule has 0 aliphatic carbocycles. The zero-order chi connectivity index (χ0) is 13.6. The molecule has 2 unspecified atom stereocenters. The lowest BCUT2D eigenvalue weighted by Crippen LogP contribution is -2.46. The number of nitrogens with zero attached hydrogens (tertiary/aromatic N) is 1. The molecule has 5 heteroatoms. The van der Waals surface area contributed by atoms with Crippen LogP contribution < -0.4 is 5.73 Å². The molecule has 2 atom stereocenters. The highest BCUT2D eigenvalue weighted by Crippen LogP contribution is 2.15. The second-order valence-corrected chi connectivity index (χ2v) is 4.77. The molecule has 0 aromatic heterocycles. The van der Waals surface area contributed by atoms with Gasteiger partial charge < -0.3 is 15.7 Å². The molecule has 17 heavy (non-hydrogen) atoms. The van der Waals surface area contributed by atoms with Crippen LogP contribution in [0.1, 0.15) is 33.6 Å². The van der Waals surface area contributed by atoms with Crippen molar-refractivity contribution < 1.29 is 14.7 Å². The average Bonchev–Trinajstić information content (AvgIpc) is 2.24. The van der Waals surface area contributed by atoms with Crippen LogP contribution in [0, 0.1) is 11.8 Å². The number of likely N-dealkylation sites (N-methyl/N-ethyl adjacent to an activating group) is 1. The molecular weight excluding hydrogens is 220 g/mol. The summed E-state index contributed by atoms with van der Waals surface area (Å²) in [4.78, 5) is 24.4. The smallest absolute Gasteiger partial charge is 0.326 e. The minimum Gasteiger partial charge on any atom is -0.480 e. The van der Waals surface area contributed by atoms with E-state index in [9.17, 15) is 9.59 Å². The van der Waals surface area contributed by atoms with Gasteiger partial charge in [0.2, 0.25) is 5.91 Å². The lowest BCUT2D eigenvalue weighted by atomic mass is 9.95. The third kappa shape index (κ3) is 4.73. The summed E-state index contributed by atoms with van der Waals surface area (Å²) in [5, 5.41) is 9.00. The van der Waals surface area contributed by atoms with Crippen LogP contribution in [-0.4, -0.2) is 41.5 Å². The number of nitrogens with two attached hydrogens (primary N) is 1. The van der Waals surface area contributed by atoms with Crippen molar-refractivity contribution in [1.82, 2.24) is 4.90 Å². The summed E-state index contributed by atoms with van der Waals surface area (Å²) in [5.74, 6) is -1.06. The fourth-order valence-corrected chi connectivity index (χ4v) is 1.92. The number of hydrogen-bond acceptors (Lipinski definition) is 3. The van der Waals surface area contributed by atoms with E-state index in [2.05, 4.69) is 0 Å². The van der Waals surface area contributed by atoms with Gasteiger partial charge >= 0.3 is 5.97 Å². The number of rotatable bonds is 7. The molecular formula is C12H24N2O3. The van der Waals surface area contributed by atoms with Crippen molar-refractivity contribution in [2.75, 3.05) is 13.6 Å². The van der Waals surface area contributed by atoms with Crippen molar-refractivity contribution in [2.45, 2.75) is 39.7 Å². The van der Waals surface area contributed by atoms with Gasteiger partial charge in [0.25, 0.3) is 0 Å². The first-order valence-corrected chi connectivity index (χ1v) is 6.04. The Kier molecular flexibility index (Phi) is 6.80. The van der Waals surface area contributed by atoms with Crippen LogP contribution in [0.3, 0.4) is 0 Å². The minimum absolute atomic E-state index is 0.171. The van der Waals surface area contributed by atoms with Crippen LogP contribution in [0.15, 0.2) is 0 Å². The maximum absolute atomic E-state index is 12.1. The summed E-state index contributed by atoms with van der Waals surface area (Å²) in [5.41, 5.74) is 5.58. The molecule has 0 saturated carbocycles. The van der Waals surface area contributed by atoms with Gasteiger partial charge in [-0.1, -0.05) is 20.8 Å². The summed E-state index contributed by atoms with van der Waals surface area (Å²) in [6.45, 7) is 6.05. The molecule has 0 saturated heterocycles. The maximum atomic E-state index is 12.1. The Balaban J connectivity index is 4.69. The largest absolute Gasteiger partial charge is 0.480 e. The summed E-state index contributed by atoms with van der Waals surface area (Å²) in [6, 6.07) is -0.760. The zero-order valence-electron chi connectivity index (χ0n) is 11.1. The second kappa shape index (κ2) is 7.27. The molecule has 0 bridgehead atoms. The SMILES string of the molecule is CCC(C(=O)O)N(C)C(=O)C(CN)CC(C)C. The highest BCUT2D eigenvalue weighted by molar-refractivity contribution is 5.85. The van der Waals surface area contributed by atoms with Gasteiger partial charge in [0.05, 0.1) is 5.92 Å². The highest BCUT2D eigenvalue weighted by atomic mass is 16.4. The van der Waals surface area contributed by atoms with Crippen LogP contribution in [-0.2, 0) is 9.59 Å². The quantitative estimate of drug-likeness (QED) is 0.697. The van der Waals surface area contributed by atoms with Gasteiger partial charge in [-0.15, -0.1) is 0 Å². The number of hydrogen-bond donors (Lipinski definition) is 2. The van der Waals surface area contributed by atoms with Crippen molar-refractivity contribution in [3.05, 3.63) is 0 Å². The molecule has 0 heterocycles. The standard InChI is InChI=1S/C12H24N2O3/c1-5-10(12(16)17)14(4)11(15)9(7-13)6-8(2)3/h8-10H,5-7,13H2,1-4H3,(H,16,17). The molecule has 0 fully saturated rings. The molecule has 0 aromatic rings. The lowest BCUT2D eigenvalue weighted by Gasteiger charge is -2.28. The molecule has 0 spiro atoms. The summed E-state index contributed by atoms with van der Waals surface area (Å²) < 4.78 is 0. The molecule has 5 nitrogen and oxygen atoms in total. The molecule has 0 aliphatic rings. The predicted octanol–water partition coefficient (Wildman–Crippen LogP) is 0.929. The summed E-state index contributed by atoms with van der Waals surface area (Å²) in [6.07, 6.45) is 1.09. The summed E-state index contributed by atoms with van der Waals surface area (Å²) in [7, 11) is 1.54.